The van der Waals surface area contributed by atoms with E-state index in [9.17, 15) is 17.6 Å². The lowest BCUT2D eigenvalue weighted by Crippen LogP contribution is -2.14. The minimum absolute atomic E-state index is 0.206. The molecule has 5 aromatic rings. The van der Waals surface area contributed by atoms with E-state index in [0.717, 1.165) is 16.4 Å². The standard InChI is InChI=1S/C25H16F4N6/c26-21-13-12-17(16-30-21)19-8-4-10-23(31-19)35(18-6-2-1-3-7-18)24-11-5-9-22(32-24)34-15-14-20(33-34)25(27,28)29/h1-16H. The summed E-state index contributed by atoms with van der Waals surface area (Å²) in [7, 11) is 0. The quantitative estimate of drug-likeness (QED) is 0.219. The largest absolute Gasteiger partial charge is 0.435 e. The molecule has 0 spiro atoms. The van der Waals surface area contributed by atoms with Crippen LogP contribution in [0, 0.1) is 5.95 Å². The summed E-state index contributed by atoms with van der Waals surface area (Å²) in [6.07, 6.45) is -1.95. The highest BCUT2D eigenvalue weighted by Crippen LogP contribution is 2.34. The van der Waals surface area contributed by atoms with Crippen molar-refractivity contribution in [2.24, 2.45) is 0 Å². The maximum absolute atomic E-state index is 13.3. The lowest BCUT2D eigenvalue weighted by molar-refractivity contribution is -0.141. The molecule has 0 amide bonds. The molecule has 0 aliphatic heterocycles. The SMILES string of the molecule is Fc1ccc(-c2cccc(N(c3ccccc3)c3cccc(-n4ccc(C(F)(F)F)n4)n3)n2)cn1. The number of rotatable bonds is 5. The zero-order valence-electron chi connectivity index (χ0n) is 17.9. The van der Waals surface area contributed by atoms with Gasteiger partial charge in [-0.2, -0.15) is 22.7 Å². The number of pyridine rings is 3. The highest BCUT2D eigenvalue weighted by atomic mass is 19.4. The first-order valence-corrected chi connectivity index (χ1v) is 10.4. The monoisotopic (exact) mass is 476 g/mol. The Kier molecular flexibility index (Phi) is 5.69. The maximum atomic E-state index is 13.3. The van der Waals surface area contributed by atoms with Gasteiger partial charge in [-0.15, -0.1) is 0 Å². The molecule has 6 nitrogen and oxygen atoms in total. The third kappa shape index (κ3) is 4.72. The van der Waals surface area contributed by atoms with Crippen molar-refractivity contribution in [3.63, 3.8) is 0 Å². The predicted octanol–water partition coefficient (Wildman–Crippen LogP) is 6.35. The number of alkyl halides is 3. The Bertz CT molecular complexity index is 1450. The molecule has 0 aliphatic carbocycles. The Morgan fingerprint density at radius 2 is 1.49 bits per heavy atom. The van der Waals surface area contributed by atoms with Crippen LogP contribution in [0.3, 0.4) is 0 Å². The van der Waals surface area contributed by atoms with E-state index in [1.165, 1.54) is 18.5 Å². The Morgan fingerprint density at radius 3 is 2.17 bits per heavy atom. The molecule has 4 aromatic heterocycles. The van der Waals surface area contributed by atoms with Crippen LogP contribution < -0.4 is 4.90 Å². The second kappa shape index (κ2) is 8.98. The van der Waals surface area contributed by atoms with Gasteiger partial charge in [0.05, 0.1) is 5.69 Å². The molecule has 5 rings (SSSR count). The Balaban J connectivity index is 1.59. The third-order valence-electron chi connectivity index (χ3n) is 5.06. The summed E-state index contributed by atoms with van der Waals surface area (Å²) < 4.78 is 53.4. The van der Waals surface area contributed by atoms with E-state index in [1.807, 2.05) is 30.3 Å². The number of aromatic nitrogens is 5. The van der Waals surface area contributed by atoms with E-state index in [1.54, 1.807) is 47.4 Å². The van der Waals surface area contributed by atoms with Crippen LogP contribution in [0.5, 0.6) is 0 Å². The summed E-state index contributed by atoms with van der Waals surface area (Å²) in [6, 6.07) is 23.3. The number of benzene rings is 1. The highest BCUT2D eigenvalue weighted by molar-refractivity contribution is 5.74. The van der Waals surface area contributed by atoms with Gasteiger partial charge in [0.2, 0.25) is 5.95 Å². The highest BCUT2D eigenvalue weighted by Gasteiger charge is 2.33. The second-order valence-electron chi connectivity index (χ2n) is 7.42. The van der Waals surface area contributed by atoms with E-state index in [0.29, 0.717) is 22.9 Å². The van der Waals surface area contributed by atoms with Crippen LogP contribution in [0.25, 0.3) is 17.1 Å². The Labute approximate surface area is 197 Å². The summed E-state index contributed by atoms with van der Waals surface area (Å²) in [5.41, 5.74) is 0.913. The van der Waals surface area contributed by atoms with Gasteiger partial charge in [-0.3, -0.25) is 4.90 Å². The van der Waals surface area contributed by atoms with Crippen LogP contribution in [-0.4, -0.2) is 24.7 Å². The van der Waals surface area contributed by atoms with Crippen molar-refractivity contribution in [3.05, 3.63) is 109 Å². The first-order valence-electron chi connectivity index (χ1n) is 10.4. The van der Waals surface area contributed by atoms with Crippen LogP contribution in [0.15, 0.2) is 97.3 Å². The zero-order chi connectivity index (χ0) is 24.4. The van der Waals surface area contributed by atoms with Gasteiger partial charge in [0.15, 0.2) is 11.5 Å². The van der Waals surface area contributed by atoms with E-state index in [2.05, 4.69) is 15.1 Å². The first kappa shape index (κ1) is 22.2. The molecule has 0 N–H and O–H groups in total. The molecule has 4 heterocycles. The molecule has 0 fully saturated rings. The molecule has 0 saturated carbocycles. The number of halogens is 4. The Morgan fingerprint density at radius 1 is 0.743 bits per heavy atom. The molecular weight excluding hydrogens is 460 g/mol. The van der Waals surface area contributed by atoms with Crippen molar-refractivity contribution >= 4 is 17.3 Å². The van der Waals surface area contributed by atoms with Crippen LogP contribution in [-0.2, 0) is 6.18 Å². The molecule has 0 radical (unpaired) electrons. The normalized spacial score (nSPS) is 11.4. The van der Waals surface area contributed by atoms with E-state index in [4.69, 9.17) is 4.98 Å². The van der Waals surface area contributed by atoms with Gasteiger partial charge in [-0.25, -0.2) is 19.6 Å². The molecule has 0 aliphatic rings. The Hall–Kier alpha value is -4.60. The van der Waals surface area contributed by atoms with E-state index < -0.39 is 17.8 Å². The molecule has 10 heteroatoms. The fourth-order valence-electron chi connectivity index (χ4n) is 3.46. The van der Waals surface area contributed by atoms with Crippen molar-refractivity contribution < 1.29 is 17.6 Å². The molecule has 0 atom stereocenters. The van der Waals surface area contributed by atoms with Crippen LogP contribution in [0.2, 0.25) is 0 Å². The summed E-state index contributed by atoms with van der Waals surface area (Å²) in [5.74, 6) is 0.528. The third-order valence-corrected chi connectivity index (χ3v) is 5.06. The van der Waals surface area contributed by atoms with Gasteiger partial charge in [-0.1, -0.05) is 30.3 Å². The number of anilines is 3. The van der Waals surface area contributed by atoms with Gasteiger partial charge in [0.25, 0.3) is 0 Å². The van der Waals surface area contributed by atoms with Crippen molar-refractivity contribution in [2.75, 3.05) is 4.90 Å². The second-order valence-corrected chi connectivity index (χ2v) is 7.42. The lowest BCUT2D eigenvalue weighted by Gasteiger charge is -2.24. The smallest absolute Gasteiger partial charge is 0.279 e. The number of para-hydroxylation sites is 1. The molecule has 0 saturated heterocycles. The predicted molar refractivity (Wildman–Crippen MR) is 122 cm³/mol. The minimum atomic E-state index is -4.56. The fourth-order valence-corrected chi connectivity index (χ4v) is 3.46. The maximum Gasteiger partial charge on any atom is 0.435 e. The van der Waals surface area contributed by atoms with Gasteiger partial charge in [-0.05, 0) is 54.6 Å². The van der Waals surface area contributed by atoms with Crippen LogP contribution in [0.1, 0.15) is 5.69 Å². The summed E-state index contributed by atoms with van der Waals surface area (Å²) in [6.45, 7) is 0. The van der Waals surface area contributed by atoms with Crippen molar-refractivity contribution in [1.29, 1.82) is 0 Å². The summed E-state index contributed by atoms with van der Waals surface area (Å²) >= 11 is 0. The van der Waals surface area contributed by atoms with E-state index >= 15 is 0 Å². The molecule has 35 heavy (non-hydrogen) atoms. The van der Waals surface area contributed by atoms with Crippen molar-refractivity contribution in [2.45, 2.75) is 6.18 Å². The molecule has 0 unspecified atom stereocenters. The van der Waals surface area contributed by atoms with Crippen LogP contribution in [0.4, 0.5) is 34.9 Å². The molecule has 174 valence electrons. The average Bonchev–Trinajstić information content (AvgIpc) is 3.37. The summed E-state index contributed by atoms with van der Waals surface area (Å²) in [5, 5.41) is 3.62. The van der Waals surface area contributed by atoms with Gasteiger partial charge < -0.3 is 0 Å². The van der Waals surface area contributed by atoms with Gasteiger partial charge in [0.1, 0.15) is 11.6 Å². The summed E-state index contributed by atoms with van der Waals surface area (Å²) in [4.78, 5) is 14.7. The number of hydrogen-bond donors (Lipinski definition) is 0. The molecule has 0 bridgehead atoms. The van der Waals surface area contributed by atoms with E-state index in [-0.39, 0.29) is 5.82 Å². The minimum Gasteiger partial charge on any atom is -0.279 e. The fraction of sp³-hybridized carbons (Fsp3) is 0.0400. The topological polar surface area (TPSA) is 59.7 Å². The first-order chi connectivity index (χ1) is 16.9. The van der Waals surface area contributed by atoms with Gasteiger partial charge >= 0.3 is 6.18 Å². The van der Waals surface area contributed by atoms with Crippen molar-refractivity contribution in [1.82, 2.24) is 24.7 Å². The van der Waals surface area contributed by atoms with Crippen molar-refractivity contribution in [3.8, 4) is 17.1 Å². The zero-order valence-corrected chi connectivity index (χ0v) is 17.9. The van der Waals surface area contributed by atoms with Gasteiger partial charge in [0, 0.05) is 23.6 Å². The molecule has 1 aromatic carbocycles. The number of hydrogen-bond acceptors (Lipinski definition) is 5. The van der Waals surface area contributed by atoms with Crippen LogP contribution >= 0.6 is 0 Å². The average molecular weight is 476 g/mol. The molecular formula is C25H16F4N6. The lowest BCUT2D eigenvalue weighted by atomic mass is 10.2. The number of nitrogens with zero attached hydrogens (tertiary/aromatic N) is 6.